The Balaban J connectivity index is 1.67. The number of hydrogen-bond acceptors (Lipinski definition) is 3. The average molecular weight is 317 g/mol. The van der Waals surface area contributed by atoms with Crippen molar-refractivity contribution in [1.29, 1.82) is 0 Å². The zero-order valence-corrected chi connectivity index (χ0v) is 13.1. The number of nitrogens with one attached hydrogen (secondary N) is 2. The van der Waals surface area contributed by atoms with Crippen LogP contribution in [0.1, 0.15) is 38.5 Å². The van der Waals surface area contributed by atoms with Crippen molar-refractivity contribution in [3.05, 3.63) is 24.3 Å². The fraction of sp³-hybridized carbons (Fsp3) is 0.529. The van der Waals surface area contributed by atoms with Crippen LogP contribution in [-0.4, -0.2) is 35.7 Å². The molecule has 23 heavy (non-hydrogen) atoms. The Kier molecular flexibility index (Phi) is 4.81. The molecule has 6 heteroatoms. The second-order valence-corrected chi connectivity index (χ2v) is 6.22. The number of urea groups is 1. The van der Waals surface area contributed by atoms with Gasteiger partial charge >= 0.3 is 6.03 Å². The van der Waals surface area contributed by atoms with Gasteiger partial charge in [0.25, 0.3) is 0 Å². The second kappa shape index (κ2) is 7.00. The van der Waals surface area contributed by atoms with Crippen LogP contribution in [0.25, 0.3) is 0 Å². The van der Waals surface area contributed by atoms with Crippen molar-refractivity contribution in [1.82, 2.24) is 5.32 Å². The molecule has 124 valence electrons. The number of aliphatic hydroxyl groups is 1. The van der Waals surface area contributed by atoms with Crippen molar-refractivity contribution in [3.63, 3.8) is 0 Å². The van der Waals surface area contributed by atoms with Gasteiger partial charge in [0.05, 0.1) is 23.5 Å². The lowest BCUT2D eigenvalue weighted by Gasteiger charge is -2.28. The molecule has 0 unspecified atom stereocenters. The van der Waals surface area contributed by atoms with E-state index in [0.717, 1.165) is 37.8 Å². The number of carbonyl (C=O) groups is 2. The van der Waals surface area contributed by atoms with E-state index >= 15 is 0 Å². The molecule has 2 atom stereocenters. The first-order chi connectivity index (χ1) is 11.1. The van der Waals surface area contributed by atoms with Gasteiger partial charge in [-0.05, 0) is 31.4 Å². The van der Waals surface area contributed by atoms with Crippen LogP contribution in [0, 0.1) is 0 Å². The maximum Gasteiger partial charge on any atom is 0.319 e. The number of anilines is 2. The summed E-state index contributed by atoms with van der Waals surface area (Å²) in [4.78, 5) is 25.9. The zero-order chi connectivity index (χ0) is 16.2. The molecular weight excluding hydrogens is 294 g/mol. The molecule has 1 heterocycles. The number of amides is 3. The van der Waals surface area contributed by atoms with Gasteiger partial charge in [0, 0.05) is 13.0 Å². The highest BCUT2D eigenvalue weighted by Crippen LogP contribution is 2.29. The molecule has 3 N–H and O–H groups in total. The largest absolute Gasteiger partial charge is 0.391 e. The van der Waals surface area contributed by atoms with Crippen LogP contribution in [0.15, 0.2) is 24.3 Å². The minimum Gasteiger partial charge on any atom is -0.391 e. The van der Waals surface area contributed by atoms with Crippen LogP contribution >= 0.6 is 0 Å². The van der Waals surface area contributed by atoms with Crippen LogP contribution in [0.4, 0.5) is 16.2 Å². The number of aliphatic hydroxyl groups excluding tert-OH is 1. The van der Waals surface area contributed by atoms with E-state index in [-0.39, 0.29) is 18.0 Å². The van der Waals surface area contributed by atoms with Crippen molar-refractivity contribution in [2.24, 2.45) is 0 Å². The summed E-state index contributed by atoms with van der Waals surface area (Å²) in [7, 11) is 0. The topological polar surface area (TPSA) is 81.7 Å². The Morgan fingerprint density at radius 3 is 2.70 bits per heavy atom. The number of nitrogens with zero attached hydrogens (tertiary/aromatic N) is 1. The normalized spacial score (nSPS) is 24.6. The summed E-state index contributed by atoms with van der Waals surface area (Å²) in [6.45, 7) is 0.681. The molecule has 3 amide bonds. The van der Waals surface area contributed by atoms with Gasteiger partial charge in [-0.15, -0.1) is 0 Å². The van der Waals surface area contributed by atoms with Crippen LogP contribution in [-0.2, 0) is 4.79 Å². The van der Waals surface area contributed by atoms with Gasteiger partial charge < -0.3 is 20.6 Å². The standard InChI is InChI=1S/C17H23N3O3/c21-15-9-4-2-7-13(15)19-17(23)18-12-6-1-3-8-14(12)20-11-5-10-16(20)22/h1,3,6,8,13,15,21H,2,4-5,7,9-11H2,(H2,18,19,23)/t13-,15+/m1/s1. The molecule has 0 aromatic heterocycles. The first kappa shape index (κ1) is 15.8. The minimum absolute atomic E-state index is 0.0855. The van der Waals surface area contributed by atoms with Gasteiger partial charge in [-0.2, -0.15) is 0 Å². The Morgan fingerprint density at radius 2 is 1.96 bits per heavy atom. The van der Waals surface area contributed by atoms with Crippen molar-refractivity contribution in [3.8, 4) is 0 Å². The molecule has 2 fully saturated rings. The van der Waals surface area contributed by atoms with Gasteiger partial charge in [-0.1, -0.05) is 25.0 Å². The molecule has 0 radical (unpaired) electrons. The summed E-state index contributed by atoms with van der Waals surface area (Å²) in [5, 5.41) is 15.6. The third-order valence-electron chi connectivity index (χ3n) is 4.56. The fourth-order valence-electron chi connectivity index (χ4n) is 3.32. The van der Waals surface area contributed by atoms with E-state index in [2.05, 4.69) is 10.6 Å². The van der Waals surface area contributed by atoms with E-state index < -0.39 is 6.10 Å². The minimum atomic E-state index is -0.482. The van der Waals surface area contributed by atoms with E-state index in [4.69, 9.17) is 0 Å². The Labute approximate surface area is 135 Å². The number of hydrogen-bond donors (Lipinski definition) is 3. The molecule has 1 aromatic carbocycles. The Bertz CT molecular complexity index is 590. The molecule has 1 aliphatic heterocycles. The summed E-state index contributed by atoms with van der Waals surface area (Å²) >= 11 is 0. The molecular formula is C17H23N3O3. The van der Waals surface area contributed by atoms with Crippen LogP contribution < -0.4 is 15.5 Å². The highest BCUT2D eigenvalue weighted by atomic mass is 16.3. The lowest BCUT2D eigenvalue weighted by atomic mass is 9.93. The molecule has 2 aliphatic rings. The highest BCUT2D eigenvalue weighted by Gasteiger charge is 2.26. The smallest absolute Gasteiger partial charge is 0.319 e. The third-order valence-corrected chi connectivity index (χ3v) is 4.56. The Morgan fingerprint density at radius 1 is 1.17 bits per heavy atom. The average Bonchev–Trinajstić information content (AvgIpc) is 2.96. The van der Waals surface area contributed by atoms with Crippen molar-refractivity contribution in [2.75, 3.05) is 16.8 Å². The predicted octanol–water partition coefficient (Wildman–Crippen LogP) is 2.24. The van der Waals surface area contributed by atoms with Gasteiger partial charge in [0.15, 0.2) is 0 Å². The second-order valence-electron chi connectivity index (χ2n) is 6.22. The number of para-hydroxylation sites is 2. The van der Waals surface area contributed by atoms with Crippen LogP contribution in [0.5, 0.6) is 0 Å². The summed E-state index contributed by atoms with van der Waals surface area (Å²) in [6, 6.07) is 6.77. The van der Waals surface area contributed by atoms with Crippen molar-refractivity contribution < 1.29 is 14.7 Å². The van der Waals surface area contributed by atoms with Gasteiger partial charge in [0.1, 0.15) is 0 Å². The van der Waals surface area contributed by atoms with Crippen LogP contribution in [0.3, 0.4) is 0 Å². The summed E-state index contributed by atoms with van der Waals surface area (Å²) in [5.74, 6) is 0.0855. The molecule has 1 aliphatic carbocycles. The highest BCUT2D eigenvalue weighted by molar-refractivity contribution is 6.01. The van der Waals surface area contributed by atoms with E-state index in [1.54, 1.807) is 11.0 Å². The van der Waals surface area contributed by atoms with Gasteiger partial charge in [0.2, 0.25) is 5.91 Å². The lowest BCUT2D eigenvalue weighted by molar-refractivity contribution is -0.117. The van der Waals surface area contributed by atoms with E-state index in [0.29, 0.717) is 18.7 Å². The molecule has 6 nitrogen and oxygen atoms in total. The number of rotatable bonds is 3. The van der Waals surface area contributed by atoms with Gasteiger partial charge in [-0.3, -0.25) is 4.79 Å². The first-order valence-electron chi connectivity index (χ1n) is 8.30. The molecule has 3 rings (SSSR count). The third kappa shape index (κ3) is 3.64. The van der Waals surface area contributed by atoms with Crippen LogP contribution in [0.2, 0.25) is 0 Å². The maximum absolute atomic E-state index is 12.2. The molecule has 0 bridgehead atoms. The fourth-order valence-corrected chi connectivity index (χ4v) is 3.32. The van der Waals surface area contributed by atoms with E-state index in [9.17, 15) is 14.7 Å². The summed E-state index contributed by atoms with van der Waals surface area (Å²) in [6.07, 6.45) is 4.44. The molecule has 1 saturated carbocycles. The molecule has 1 saturated heterocycles. The monoisotopic (exact) mass is 317 g/mol. The summed E-state index contributed by atoms with van der Waals surface area (Å²) < 4.78 is 0. The van der Waals surface area contributed by atoms with E-state index in [1.807, 2.05) is 18.2 Å². The van der Waals surface area contributed by atoms with Crippen molar-refractivity contribution in [2.45, 2.75) is 50.7 Å². The first-order valence-corrected chi connectivity index (χ1v) is 8.30. The predicted molar refractivity (Wildman–Crippen MR) is 88.4 cm³/mol. The van der Waals surface area contributed by atoms with Gasteiger partial charge in [-0.25, -0.2) is 4.79 Å². The SMILES string of the molecule is O=C(Nc1ccccc1N1CCCC1=O)N[C@@H]1CCCC[C@@H]1O. The van der Waals surface area contributed by atoms with E-state index in [1.165, 1.54) is 0 Å². The number of benzene rings is 1. The molecule has 1 aromatic rings. The maximum atomic E-state index is 12.2. The van der Waals surface area contributed by atoms with Crippen molar-refractivity contribution >= 4 is 23.3 Å². The quantitative estimate of drug-likeness (QED) is 0.799. The summed E-state index contributed by atoms with van der Waals surface area (Å²) in [5.41, 5.74) is 1.35. The Hall–Kier alpha value is -2.08. The number of carbonyl (C=O) groups excluding carboxylic acids is 2. The molecule has 0 spiro atoms. The zero-order valence-electron chi connectivity index (χ0n) is 13.1. The lowest BCUT2D eigenvalue weighted by Crippen LogP contribution is -2.46.